The summed E-state index contributed by atoms with van der Waals surface area (Å²) in [5.41, 5.74) is 1.24. The van der Waals surface area contributed by atoms with Gasteiger partial charge in [0.2, 0.25) is 0 Å². The summed E-state index contributed by atoms with van der Waals surface area (Å²) in [5.74, 6) is 1.11. The predicted octanol–water partition coefficient (Wildman–Crippen LogP) is 2.68. The molecule has 0 spiro atoms. The van der Waals surface area contributed by atoms with E-state index in [0.29, 0.717) is 6.04 Å². The number of hydrogen-bond donors (Lipinski definition) is 0. The number of likely N-dealkylation sites (tertiary alicyclic amines) is 1. The molecule has 0 N–H and O–H groups in total. The largest absolute Gasteiger partial charge is 0.356 e. The number of rotatable bonds is 2. The van der Waals surface area contributed by atoms with Crippen molar-refractivity contribution in [2.75, 3.05) is 32.1 Å². The van der Waals surface area contributed by atoms with Crippen molar-refractivity contribution in [2.45, 2.75) is 25.8 Å². The lowest BCUT2D eigenvalue weighted by molar-refractivity contribution is 0.252. The van der Waals surface area contributed by atoms with E-state index in [9.17, 15) is 0 Å². The number of halogens is 1. The Hall–Kier alpha value is -0.610. The van der Waals surface area contributed by atoms with Gasteiger partial charge < -0.3 is 9.80 Å². The van der Waals surface area contributed by atoms with Crippen molar-refractivity contribution in [1.29, 1.82) is 0 Å². The van der Waals surface area contributed by atoms with Crippen molar-refractivity contribution in [3.05, 3.63) is 22.3 Å². The molecular formula is C13H20BrN3. The van der Waals surface area contributed by atoms with Crippen molar-refractivity contribution in [2.24, 2.45) is 0 Å². The standard InChI is InChI=1S/C13H20BrN3/c1-10-8-11(14)9-15-13(10)17(3)12-4-6-16(2)7-5-12/h8-9,12H,4-7H2,1-3H3. The Morgan fingerprint density at radius 1 is 1.41 bits per heavy atom. The molecule has 0 radical (unpaired) electrons. The van der Waals surface area contributed by atoms with Crippen molar-refractivity contribution < 1.29 is 0 Å². The molecule has 0 saturated carbocycles. The van der Waals surface area contributed by atoms with E-state index in [-0.39, 0.29) is 0 Å². The molecule has 17 heavy (non-hydrogen) atoms. The maximum Gasteiger partial charge on any atom is 0.131 e. The first kappa shape index (κ1) is 12.8. The molecule has 2 heterocycles. The van der Waals surface area contributed by atoms with E-state index < -0.39 is 0 Å². The molecular weight excluding hydrogens is 278 g/mol. The Balaban J connectivity index is 2.11. The first-order chi connectivity index (χ1) is 8.08. The van der Waals surface area contributed by atoms with E-state index in [1.54, 1.807) is 0 Å². The fourth-order valence-corrected chi connectivity index (χ4v) is 2.90. The number of anilines is 1. The van der Waals surface area contributed by atoms with E-state index in [1.807, 2.05) is 6.20 Å². The summed E-state index contributed by atoms with van der Waals surface area (Å²) < 4.78 is 1.05. The normalized spacial score (nSPS) is 18.4. The average molecular weight is 298 g/mol. The summed E-state index contributed by atoms with van der Waals surface area (Å²) in [7, 11) is 4.36. The van der Waals surface area contributed by atoms with Gasteiger partial charge in [-0.2, -0.15) is 0 Å². The van der Waals surface area contributed by atoms with Crippen LogP contribution in [0.2, 0.25) is 0 Å². The van der Waals surface area contributed by atoms with Gasteiger partial charge in [0.05, 0.1) is 0 Å². The van der Waals surface area contributed by atoms with Crippen molar-refractivity contribution in [3.8, 4) is 0 Å². The molecule has 1 aliphatic rings. The Bertz CT molecular complexity index is 386. The SMILES string of the molecule is Cc1cc(Br)cnc1N(C)C1CCN(C)CC1. The molecule has 94 valence electrons. The van der Waals surface area contributed by atoms with E-state index in [4.69, 9.17) is 0 Å². The topological polar surface area (TPSA) is 19.4 Å². The number of hydrogen-bond acceptors (Lipinski definition) is 3. The molecule has 2 rings (SSSR count). The number of aromatic nitrogens is 1. The van der Waals surface area contributed by atoms with Gasteiger partial charge in [-0.05, 0) is 67.5 Å². The molecule has 1 aromatic heterocycles. The fourth-order valence-electron chi connectivity index (χ4n) is 2.46. The van der Waals surface area contributed by atoms with Crippen molar-refractivity contribution in [3.63, 3.8) is 0 Å². The molecule has 0 bridgehead atoms. The van der Waals surface area contributed by atoms with Crippen LogP contribution in [0.15, 0.2) is 16.7 Å². The van der Waals surface area contributed by atoms with Crippen LogP contribution in [-0.4, -0.2) is 43.1 Å². The maximum absolute atomic E-state index is 4.54. The minimum Gasteiger partial charge on any atom is -0.356 e. The number of nitrogens with zero attached hydrogens (tertiary/aromatic N) is 3. The van der Waals surface area contributed by atoms with Gasteiger partial charge in [0.1, 0.15) is 5.82 Å². The lowest BCUT2D eigenvalue weighted by Gasteiger charge is -2.36. The lowest BCUT2D eigenvalue weighted by atomic mass is 10.0. The van der Waals surface area contributed by atoms with Crippen LogP contribution in [-0.2, 0) is 0 Å². The highest BCUT2D eigenvalue weighted by atomic mass is 79.9. The maximum atomic E-state index is 4.54. The third-order valence-electron chi connectivity index (χ3n) is 3.59. The smallest absolute Gasteiger partial charge is 0.131 e. The highest BCUT2D eigenvalue weighted by Crippen LogP contribution is 2.24. The summed E-state index contributed by atoms with van der Waals surface area (Å²) in [6, 6.07) is 2.76. The molecule has 1 fully saturated rings. The molecule has 0 aromatic carbocycles. The predicted molar refractivity (Wildman–Crippen MR) is 75.6 cm³/mol. The fraction of sp³-hybridized carbons (Fsp3) is 0.615. The number of pyridine rings is 1. The van der Waals surface area contributed by atoms with Crippen LogP contribution in [0.25, 0.3) is 0 Å². The van der Waals surface area contributed by atoms with Crippen LogP contribution >= 0.6 is 15.9 Å². The third kappa shape index (κ3) is 2.99. The zero-order valence-corrected chi connectivity index (χ0v) is 12.4. The second-order valence-corrected chi connectivity index (χ2v) is 5.86. The van der Waals surface area contributed by atoms with Crippen molar-refractivity contribution >= 4 is 21.7 Å². The average Bonchev–Trinajstić information content (AvgIpc) is 2.29. The lowest BCUT2D eigenvalue weighted by Crippen LogP contribution is -2.42. The molecule has 0 aliphatic carbocycles. The molecule has 0 unspecified atom stereocenters. The molecule has 3 nitrogen and oxygen atoms in total. The quantitative estimate of drug-likeness (QED) is 0.837. The number of aryl methyl sites for hydroxylation is 1. The van der Waals surface area contributed by atoms with E-state index in [0.717, 1.165) is 10.3 Å². The molecule has 0 amide bonds. The Morgan fingerprint density at radius 2 is 2.06 bits per heavy atom. The molecule has 1 aliphatic heterocycles. The van der Waals surface area contributed by atoms with E-state index in [2.05, 4.69) is 57.8 Å². The minimum absolute atomic E-state index is 0.624. The van der Waals surface area contributed by atoms with E-state index in [1.165, 1.54) is 31.5 Å². The summed E-state index contributed by atoms with van der Waals surface area (Å²) in [6.07, 6.45) is 4.34. The number of piperidine rings is 1. The van der Waals surface area contributed by atoms with Crippen LogP contribution in [0.3, 0.4) is 0 Å². The monoisotopic (exact) mass is 297 g/mol. The first-order valence-electron chi connectivity index (χ1n) is 6.11. The second-order valence-electron chi connectivity index (χ2n) is 4.94. The highest BCUT2D eigenvalue weighted by Gasteiger charge is 2.22. The molecule has 0 atom stereocenters. The summed E-state index contributed by atoms with van der Waals surface area (Å²) >= 11 is 3.46. The van der Waals surface area contributed by atoms with Gasteiger partial charge in [0.15, 0.2) is 0 Å². The van der Waals surface area contributed by atoms with Gasteiger partial charge in [0.25, 0.3) is 0 Å². The van der Waals surface area contributed by atoms with Gasteiger partial charge in [0, 0.05) is 23.8 Å². The zero-order chi connectivity index (χ0) is 12.4. The Morgan fingerprint density at radius 3 is 2.65 bits per heavy atom. The van der Waals surface area contributed by atoms with Crippen LogP contribution in [0.5, 0.6) is 0 Å². The van der Waals surface area contributed by atoms with E-state index >= 15 is 0 Å². The Kier molecular flexibility index (Phi) is 4.05. The second kappa shape index (κ2) is 5.36. The van der Waals surface area contributed by atoms with Gasteiger partial charge >= 0.3 is 0 Å². The summed E-state index contributed by atoms with van der Waals surface area (Å²) in [5, 5.41) is 0. The van der Waals surface area contributed by atoms with Gasteiger partial charge in [-0.1, -0.05) is 0 Å². The van der Waals surface area contributed by atoms with Gasteiger partial charge in [-0.25, -0.2) is 4.98 Å². The molecule has 1 aromatic rings. The van der Waals surface area contributed by atoms with Crippen LogP contribution in [0.1, 0.15) is 18.4 Å². The van der Waals surface area contributed by atoms with Gasteiger partial charge in [-0.15, -0.1) is 0 Å². The van der Waals surface area contributed by atoms with Crippen LogP contribution in [0, 0.1) is 6.92 Å². The molecule has 4 heteroatoms. The zero-order valence-electron chi connectivity index (χ0n) is 10.8. The Labute approximate surface area is 112 Å². The first-order valence-corrected chi connectivity index (χ1v) is 6.90. The van der Waals surface area contributed by atoms with Crippen LogP contribution in [0.4, 0.5) is 5.82 Å². The third-order valence-corrected chi connectivity index (χ3v) is 4.02. The van der Waals surface area contributed by atoms with Crippen LogP contribution < -0.4 is 4.90 Å². The van der Waals surface area contributed by atoms with Crippen molar-refractivity contribution in [1.82, 2.24) is 9.88 Å². The summed E-state index contributed by atoms with van der Waals surface area (Å²) in [4.78, 5) is 9.27. The highest BCUT2D eigenvalue weighted by molar-refractivity contribution is 9.10. The minimum atomic E-state index is 0.624. The molecule has 1 saturated heterocycles. The van der Waals surface area contributed by atoms with Gasteiger partial charge in [-0.3, -0.25) is 0 Å². The summed E-state index contributed by atoms with van der Waals surface area (Å²) in [6.45, 7) is 4.49.